The van der Waals surface area contributed by atoms with Gasteiger partial charge in [-0.05, 0) is 60.5 Å². The van der Waals surface area contributed by atoms with E-state index < -0.39 is 5.82 Å². The van der Waals surface area contributed by atoms with Crippen LogP contribution in [-0.4, -0.2) is 6.61 Å². The number of halogens is 5. The SMILES string of the molecule is CCOc1cc(CNc2ccc(F)c(Cl)c2)c(Br)cc1OCc1ccc(Cl)c(Cl)c1. The Balaban J connectivity index is 1.75. The van der Waals surface area contributed by atoms with Crippen LogP contribution in [0.15, 0.2) is 53.0 Å². The van der Waals surface area contributed by atoms with Gasteiger partial charge in [0.25, 0.3) is 0 Å². The fourth-order valence-corrected chi connectivity index (χ4v) is 3.65. The first kappa shape index (κ1) is 23.0. The molecule has 0 fully saturated rings. The standard InChI is InChI=1S/C22H18BrCl3FNO2/c1-2-29-21-8-14(11-28-15-4-6-20(27)19(26)9-15)16(23)10-22(21)30-12-13-3-5-17(24)18(25)7-13/h3-10,28H,2,11-12H2,1H3. The van der Waals surface area contributed by atoms with Crippen LogP contribution in [-0.2, 0) is 13.2 Å². The second-order valence-electron chi connectivity index (χ2n) is 6.34. The molecule has 0 aromatic heterocycles. The summed E-state index contributed by atoms with van der Waals surface area (Å²) in [5.41, 5.74) is 2.55. The molecule has 3 rings (SSSR count). The predicted octanol–water partition coefficient (Wildman–Crippen LogP) is 8.14. The zero-order valence-electron chi connectivity index (χ0n) is 15.9. The molecule has 3 nitrogen and oxygen atoms in total. The van der Waals surface area contributed by atoms with E-state index >= 15 is 0 Å². The average molecular weight is 534 g/mol. The maximum Gasteiger partial charge on any atom is 0.162 e. The molecule has 0 spiro atoms. The average Bonchev–Trinajstić information content (AvgIpc) is 2.72. The molecule has 30 heavy (non-hydrogen) atoms. The van der Waals surface area contributed by atoms with E-state index in [9.17, 15) is 4.39 Å². The third kappa shape index (κ3) is 5.94. The number of benzene rings is 3. The van der Waals surface area contributed by atoms with Crippen molar-refractivity contribution in [3.8, 4) is 11.5 Å². The lowest BCUT2D eigenvalue weighted by Crippen LogP contribution is -2.04. The van der Waals surface area contributed by atoms with Crippen LogP contribution in [0.2, 0.25) is 15.1 Å². The minimum Gasteiger partial charge on any atom is -0.490 e. The normalized spacial score (nSPS) is 10.7. The summed E-state index contributed by atoms with van der Waals surface area (Å²) in [6, 6.07) is 13.6. The Kier molecular flexibility index (Phi) is 8.12. The fourth-order valence-electron chi connectivity index (χ4n) is 2.69. The van der Waals surface area contributed by atoms with Gasteiger partial charge in [-0.3, -0.25) is 0 Å². The van der Waals surface area contributed by atoms with E-state index in [0.29, 0.717) is 47.0 Å². The highest BCUT2D eigenvalue weighted by atomic mass is 79.9. The highest BCUT2D eigenvalue weighted by molar-refractivity contribution is 9.10. The Morgan fingerprint density at radius 2 is 1.67 bits per heavy atom. The molecule has 0 heterocycles. The second kappa shape index (κ2) is 10.6. The molecule has 3 aromatic carbocycles. The number of hydrogen-bond donors (Lipinski definition) is 1. The molecule has 0 radical (unpaired) electrons. The highest BCUT2D eigenvalue weighted by Gasteiger charge is 2.12. The lowest BCUT2D eigenvalue weighted by molar-refractivity contribution is 0.269. The minimum atomic E-state index is -0.453. The van der Waals surface area contributed by atoms with Gasteiger partial charge < -0.3 is 14.8 Å². The monoisotopic (exact) mass is 531 g/mol. The Labute approximate surface area is 198 Å². The Hall–Kier alpha value is -1.66. The van der Waals surface area contributed by atoms with Gasteiger partial charge in [0.2, 0.25) is 0 Å². The molecule has 1 N–H and O–H groups in total. The number of anilines is 1. The van der Waals surface area contributed by atoms with E-state index in [2.05, 4.69) is 21.2 Å². The smallest absolute Gasteiger partial charge is 0.162 e. The third-order valence-corrected chi connectivity index (χ3v) is 5.96. The molecule has 0 saturated carbocycles. The molecule has 158 valence electrons. The second-order valence-corrected chi connectivity index (χ2v) is 8.42. The number of nitrogens with one attached hydrogen (secondary N) is 1. The van der Waals surface area contributed by atoms with Crippen molar-refractivity contribution in [2.75, 3.05) is 11.9 Å². The van der Waals surface area contributed by atoms with Gasteiger partial charge in [0, 0.05) is 16.7 Å². The molecule has 0 unspecified atom stereocenters. The highest BCUT2D eigenvalue weighted by Crippen LogP contribution is 2.35. The summed E-state index contributed by atoms with van der Waals surface area (Å²) in [6.07, 6.45) is 0. The van der Waals surface area contributed by atoms with Gasteiger partial charge in [0.15, 0.2) is 11.5 Å². The first-order valence-electron chi connectivity index (χ1n) is 9.08. The Morgan fingerprint density at radius 1 is 0.900 bits per heavy atom. The Morgan fingerprint density at radius 3 is 2.37 bits per heavy atom. The number of hydrogen-bond acceptors (Lipinski definition) is 3. The molecule has 0 aliphatic carbocycles. The zero-order valence-corrected chi connectivity index (χ0v) is 19.8. The predicted molar refractivity (Wildman–Crippen MR) is 125 cm³/mol. The molecule has 0 atom stereocenters. The van der Waals surface area contributed by atoms with Crippen molar-refractivity contribution in [2.24, 2.45) is 0 Å². The van der Waals surface area contributed by atoms with Crippen LogP contribution < -0.4 is 14.8 Å². The van der Waals surface area contributed by atoms with Crippen molar-refractivity contribution >= 4 is 56.4 Å². The molecule has 0 amide bonds. The van der Waals surface area contributed by atoms with Gasteiger partial charge in [-0.1, -0.05) is 56.8 Å². The van der Waals surface area contributed by atoms with Crippen LogP contribution in [0.1, 0.15) is 18.1 Å². The van der Waals surface area contributed by atoms with E-state index in [1.54, 1.807) is 24.3 Å². The summed E-state index contributed by atoms with van der Waals surface area (Å²) in [7, 11) is 0. The van der Waals surface area contributed by atoms with Crippen molar-refractivity contribution in [1.29, 1.82) is 0 Å². The van der Waals surface area contributed by atoms with Gasteiger partial charge in [-0.2, -0.15) is 0 Å². The first-order valence-corrected chi connectivity index (χ1v) is 11.0. The molecular weight excluding hydrogens is 516 g/mol. The minimum absolute atomic E-state index is 0.0696. The summed E-state index contributed by atoms with van der Waals surface area (Å²) in [4.78, 5) is 0. The van der Waals surface area contributed by atoms with Crippen LogP contribution in [0.25, 0.3) is 0 Å². The topological polar surface area (TPSA) is 30.5 Å². The van der Waals surface area contributed by atoms with E-state index in [-0.39, 0.29) is 5.02 Å². The number of ether oxygens (including phenoxy) is 2. The molecular formula is C22H18BrCl3FNO2. The zero-order chi connectivity index (χ0) is 21.7. The summed E-state index contributed by atoms with van der Waals surface area (Å²) >= 11 is 21.5. The molecule has 0 bridgehead atoms. The lowest BCUT2D eigenvalue weighted by Gasteiger charge is -2.16. The summed E-state index contributed by atoms with van der Waals surface area (Å²) in [6.45, 7) is 3.19. The number of rotatable bonds is 8. The maximum atomic E-state index is 13.3. The van der Waals surface area contributed by atoms with E-state index in [4.69, 9.17) is 44.3 Å². The van der Waals surface area contributed by atoms with Gasteiger partial charge in [0.05, 0.1) is 21.7 Å². The van der Waals surface area contributed by atoms with E-state index in [0.717, 1.165) is 15.6 Å². The van der Waals surface area contributed by atoms with Crippen LogP contribution >= 0.6 is 50.7 Å². The van der Waals surface area contributed by atoms with Crippen molar-refractivity contribution < 1.29 is 13.9 Å². The molecule has 0 aliphatic rings. The fraction of sp³-hybridized carbons (Fsp3) is 0.182. The summed E-state index contributed by atoms with van der Waals surface area (Å²) < 4.78 is 25.9. The van der Waals surface area contributed by atoms with Gasteiger partial charge in [-0.15, -0.1) is 0 Å². The van der Waals surface area contributed by atoms with Crippen LogP contribution in [0.5, 0.6) is 11.5 Å². The lowest BCUT2D eigenvalue weighted by atomic mass is 10.2. The van der Waals surface area contributed by atoms with Gasteiger partial charge in [-0.25, -0.2) is 4.39 Å². The van der Waals surface area contributed by atoms with Gasteiger partial charge in [0.1, 0.15) is 12.4 Å². The molecule has 8 heteroatoms. The van der Waals surface area contributed by atoms with Crippen molar-refractivity contribution in [1.82, 2.24) is 0 Å². The van der Waals surface area contributed by atoms with E-state index in [1.165, 1.54) is 6.07 Å². The Bertz CT molecular complexity index is 1050. The van der Waals surface area contributed by atoms with Gasteiger partial charge >= 0.3 is 0 Å². The molecule has 0 saturated heterocycles. The van der Waals surface area contributed by atoms with Crippen molar-refractivity contribution in [3.63, 3.8) is 0 Å². The molecule has 0 aliphatic heterocycles. The summed E-state index contributed by atoms with van der Waals surface area (Å²) in [5, 5.41) is 4.27. The summed E-state index contributed by atoms with van der Waals surface area (Å²) in [5.74, 6) is 0.767. The van der Waals surface area contributed by atoms with Crippen LogP contribution in [0.4, 0.5) is 10.1 Å². The van der Waals surface area contributed by atoms with Crippen LogP contribution in [0.3, 0.4) is 0 Å². The van der Waals surface area contributed by atoms with Crippen molar-refractivity contribution in [3.05, 3.63) is 85.0 Å². The van der Waals surface area contributed by atoms with Crippen molar-refractivity contribution in [2.45, 2.75) is 20.1 Å². The molecule has 3 aromatic rings. The quantitative estimate of drug-likeness (QED) is 0.317. The maximum absolute atomic E-state index is 13.3. The van der Waals surface area contributed by atoms with Crippen LogP contribution in [0, 0.1) is 5.82 Å². The largest absolute Gasteiger partial charge is 0.490 e. The first-order chi connectivity index (χ1) is 14.4. The van der Waals surface area contributed by atoms with E-state index in [1.807, 2.05) is 25.1 Å². The third-order valence-electron chi connectivity index (χ3n) is 4.19.